The third kappa shape index (κ3) is 7.58. The number of anilines is 3. The number of carboxylic acid groups (broad SMARTS) is 2. The van der Waals surface area contributed by atoms with Gasteiger partial charge in [-0.1, -0.05) is 20.8 Å². The van der Waals surface area contributed by atoms with Crippen LogP contribution in [0.4, 0.5) is 17.3 Å². The lowest BCUT2D eigenvalue weighted by atomic mass is 9.96. The molecular formula is C26H33BrN6O7. The van der Waals surface area contributed by atoms with Crippen molar-refractivity contribution in [3.05, 3.63) is 44.3 Å². The zero-order valence-corrected chi connectivity index (χ0v) is 24.5. The summed E-state index contributed by atoms with van der Waals surface area (Å²) in [7, 11) is 1.83. The summed E-state index contributed by atoms with van der Waals surface area (Å²) >= 11 is 3.48. The van der Waals surface area contributed by atoms with E-state index in [1.165, 1.54) is 6.07 Å². The van der Waals surface area contributed by atoms with Gasteiger partial charge in [0.05, 0.1) is 17.4 Å². The minimum atomic E-state index is -1.34. The Morgan fingerprint density at radius 1 is 1.25 bits per heavy atom. The molecule has 2 heterocycles. The van der Waals surface area contributed by atoms with Crippen LogP contribution in [0.2, 0.25) is 0 Å². The van der Waals surface area contributed by atoms with Crippen molar-refractivity contribution >= 4 is 57.0 Å². The molecule has 0 spiro atoms. The quantitative estimate of drug-likeness (QED) is 0.233. The minimum absolute atomic E-state index is 0.0154. The van der Waals surface area contributed by atoms with Crippen LogP contribution >= 0.6 is 15.9 Å². The number of carbonyl (C=O) groups excluding carboxylic acids is 2. The molecule has 2 atom stereocenters. The van der Waals surface area contributed by atoms with Crippen molar-refractivity contribution in [3.8, 4) is 0 Å². The second-order valence-corrected chi connectivity index (χ2v) is 11.6. The number of H-pyrrole nitrogens is 1. The molecule has 14 heteroatoms. The lowest BCUT2D eigenvalue weighted by Gasteiger charge is -2.22. The van der Waals surface area contributed by atoms with E-state index in [9.17, 15) is 29.1 Å². The van der Waals surface area contributed by atoms with Gasteiger partial charge in [-0.25, -0.2) is 9.78 Å². The fourth-order valence-corrected chi connectivity index (χ4v) is 4.56. The Bertz CT molecular complexity index is 1390. The Hall–Kier alpha value is -3.94. The number of hydrogen-bond donors (Lipinski definition) is 5. The third-order valence-electron chi connectivity index (χ3n) is 6.34. The number of likely N-dealkylation sites (N-methyl/N-ethyl adjacent to an activating group) is 1. The molecule has 0 radical (unpaired) electrons. The fourth-order valence-electron chi connectivity index (χ4n) is 4.01. The van der Waals surface area contributed by atoms with Crippen molar-refractivity contribution < 1.29 is 29.4 Å². The van der Waals surface area contributed by atoms with Crippen molar-refractivity contribution in [3.63, 3.8) is 0 Å². The lowest BCUT2D eigenvalue weighted by molar-refractivity contribution is -0.140. The Balaban J connectivity index is 1.69. The van der Waals surface area contributed by atoms with Gasteiger partial charge in [-0.15, -0.1) is 0 Å². The molecule has 2 aromatic rings. The van der Waals surface area contributed by atoms with Gasteiger partial charge in [0.2, 0.25) is 11.9 Å². The van der Waals surface area contributed by atoms with Crippen LogP contribution in [-0.2, 0) is 14.4 Å². The summed E-state index contributed by atoms with van der Waals surface area (Å²) in [4.78, 5) is 70.9. The Labute approximate surface area is 239 Å². The summed E-state index contributed by atoms with van der Waals surface area (Å²) in [5.41, 5.74) is 0.766. The van der Waals surface area contributed by atoms with E-state index in [1.807, 2.05) is 16.8 Å². The molecule has 1 saturated heterocycles. The maximum atomic E-state index is 12.8. The van der Waals surface area contributed by atoms with E-state index in [4.69, 9.17) is 5.11 Å². The number of hydrogen-bond acceptors (Lipinski definition) is 8. The second-order valence-electron chi connectivity index (χ2n) is 10.7. The first kappa shape index (κ1) is 30.6. The van der Waals surface area contributed by atoms with Crippen molar-refractivity contribution in [2.45, 2.75) is 52.6 Å². The number of aromatic nitrogens is 2. The molecule has 13 nitrogen and oxygen atoms in total. The highest BCUT2D eigenvalue weighted by atomic mass is 79.9. The molecular weight excluding hydrogens is 588 g/mol. The summed E-state index contributed by atoms with van der Waals surface area (Å²) in [6.07, 6.45) is -0.635. The van der Waals surface area contributed by atoms with Crippen LogP contribution in [0.3, 0.4) is 0 Å². The van der Waals surface area contributed by atoms with Crippen molar-refractivity contribution in [1.82, 2.24) is 15.3 Å². The molecule has 216 valence electrons. The number of benzene rings is 1. The van der Waals surface area contributed by atoms with Crippen molar-refractivity contribution in [2.24, 2.45) is 5.41 Å². The Morgan fingerprint density at radius 2 is 1.93 bits per heavy atom. The number of amides is 2. The SMILES string of the molecule is Cc1nc(NC(=O)C(C)(C)C)[nH]c(=O)c1N1CC1CN(C)c1cc(C(=O)N[C@@H](CCC(=O)O)C(=O)O)ccc1Br. The number of nitrogens with zero attached hydrogens (tertiary/aromatic N) is 3. The maximum absolute atomic E-state index is 12.8. The summed E-state index contributed by atoms with van der Waals surface area (Å²) in [5.74, 6) is -3.29. The van der Waals surface area contributed by atoms with Crippen LogP contribution in [0, 0.1) is 12.3 Å². The van der Waals surface area contributed by atoms with Gasteiger partial charge in [-0.2, -0.15) is 0 Å². The van der Waals surface area contributed by atoms with Gasteiger partial charge in [0.25, 0.3) is 11.5 Å². The number of aromatic amines is 1. The van der Waals surface area contributed by atoms with Gasteiger partial charge in [0, 0.05) is 42.0 Å². The predicted octanol–water partition coefficient (Wildman–Crippen LogP) is 2.20. The number of carboxylic acids is 2. The average Bonchev–Trinajstić information content (AvgIpc) is 3.58. The fraction of sp³-hybridized carbons (Fsp3) is 0.462. The number of carbonyl (C=O) groups is 4. The molecule has 1 fully saturated rings. The van der Waals surface area contributed by atoms with E-state index >= 15 is 0 Å². The molecule has 1 aliphatic rings. The number of nitrogens with one attached hydrogen (secondary N) is 3. The van der Waals surface area contributed by atoms with Gasteiger partial charge < -0.3 is 25.3 Å². The van der Waals surface area contributed by atoms with Crippen LogP contribution in [0.5, 0.6) is 0 Å². The van der Waals surface area contributed by atoms with Crippen molar-refractivity contribution in [2.75, 3.05) is 35.3 Å². The third-order valence-corrected chi connectivity index (χ3v) is 7.01. The number of halogens is 1. The average molecular weight is 621 g/mol. The van der Waals surface area contributed by atoms with Crippen LogP contribution < -0.4 is 26.0 Å². The Kier molecular flexibility index (Phi) is 9.23. The van der Waals surface area contributed by atoms with E-state index in [0.29, 0.717) is 34.6 Å². The van der Waals surface area contributed by atoms with Crippen LogP contribution in [-0.4, -0.2) is 76.2 Å². The molecule has 3 rings (SSSR count). The number of rotatable bonds is 11. The molecule has 1 aliphatic heterocycles. The van der Waals surface area contributed by atoms with E-state index in [0.717, 1.165) is 0 Å². The molecule has 0 aliphatic carbocycles. The maximum Gasteiger partial charge on any atom is 0.326 e. The molecule has 1 aromatic heterocycles. The minimum Gasteiger partial charge on any atom is -0.481 e. The number of aryl methyl sites for hydroxylation is 1. The van der Waals surface area contributed by atoms with Gasteiger partial charge >= 0.3 is 11.9 Å². The summed E-state index contributed by atoms with van der Waals surface area (Å²) in [5, 5.41) is 23.2. The van der Waals surface area contributed by atoms with Crippen molar-refractivity contribution in [1.29, 1.82) is 0 Å². The summed E-state index contributed by atoms with van der Waals surface area (Å²) < 4.78 is 0.703. The zero-order chi connectivity index (χ0) is 29.9. The highest BCUT2D eigenvalue weighted by molar-refractivity contribution is 9.10. The largest absolute Gasteiger partial charge is 0.481 e. The molecule has 1 unspecified atom stereocenters. The standard InChI is InChI=1S/C26H33BrN6O7/c1-13-20(22(37)30-25(28-13)31-24(40)26(2,3)4)33-12-15(33)11-32(5)18-10-14(6-7-16(18)27)21(36)29-17(23(38)39)8-9-19(34)35/h6-7,10,15,17H,8-9,11-12H2,1-5H3,(H,29,36)(H,34,35)(H,38,39)(H2,28,30,31,37,40)/t15?,17-,33?/m0/s1. The zero-order valence-electron chi connectivity index (χ0n) is 22.9. The topological polar surface area (TPSA) is 185 Å². The molecule has 0 saturated carbocycles. The molecule has 0 bridgehead atoms. The highest BCUT2D eigenvalue weighted by Crippen LogP contribution is 2.32. The molecule has 5 N–H and O–H groups in total. The van der Waals surface area contributed by atoms with E-state index < -0.39 is 35.7 Å². The highest BCUT2D eigenvalue weighted by Gasteiger charge is 2.38. The van der Waals surface area contributed by atoms with E-state index in [1.54, 1.807) is 39.8 Å². The van der Waals surface area contributed by atoms with Gasteiger partial charge in [-0.05, 0) is 47.5 Å². The summed E-state index contributed by atoms with van der Waals surface area (Å²) in [6, 6.07) is 3.45. The van der Waals surface area contributed by atoms with Gasteiger partial charge in [0.1, 0.15) is 11.7 Å². The molecule has 2 amide bonds. The predicted molar refractivity (Wildman–Crippen MR) is 152 cm³/mol. The first-order chi connectivity index (χ1) is 18.6. The summed E-state index contributed by atoms with van der Waals surface area (Å²) in [6.45, 7) is 8.08. The lowest BCUT2D eigenvalue weighted by Crippen LogP contribution is -2.41. The van der Waals surface area contributed by atoms with Crippen LogP contribution in [0.25, 0.3) is 0 Å². The van der Waals surface area contributed by atoms with Crippen LogP contribution in [0.1, 0.15) is 49.7 Å². The second kappa shape index (κ2) is 12.1. The smallest absolute Gasteiger partial charge is 0.326 e. The normalized spacial score (nSPS) is 15.2. The van der Waals surface area contributed by atoms with Crippen LogP contribution in [0.15, 0.2) is 27.5 Å². The first-order valence-corrected chi connectivity index (χ1v) is 13.3. The number of aliphatic carboxylic acids is 2. The monoisotopic (exact) mass is 620 g/mol. The molecule has 1 aromatic carbocycles. The molecule has 40 heavy (non-hydrogen) atoms. The van der Waals surface area contributed by atoms with E-state index in [-0.39, 0.29) is 35.4 Å². The van der Waals surface area contributed by atoms with Gasteiger partial charge in [0.15, 0.2) is 0 Å². The first-order valence-electron chi connectivity index (χ1n) is 12.5. The van der Waals surface area contributed by atoms with Gasteiger partial charge in [-0.3, -0.25) is 29.5 Å². The van der Waals surface area contributed by atoms with E-state index in [2.05, 4.69) is 36.5 Å². The Morgan fingerprint density at radius 3 is 2.50 bits per heavy atom.